The molecule has 0 amide bonds. The van der Waals surface area contributed by atoms with Gasteiger partial charge in [0.1, 0.15) is 11.6 Å². The van der Waals surface area contributed by atoms with E-state index >= 15 is 0 Å². The molecule has 1 aliphatic carbocycles. The second kappa shape index (κ2) is 6.00. The van der Waals surface area contributed by atoms with E-state index in [0.717, 1.165) is 30.5 Å². The molecule has 1 aromatic heterocycles. The molecule has 0 aliphatic heterocycles. The number of rotatable bonds is 3. The van der Waals surface area contributed by atoms with E-state index in [1.807, 2.05) is 0 Å². The van der Waals surface area contributed by atoms with Gasteiger partial charge in [0, 0.05) is 23.9 Å². The van der Waals surface area contributed by atoms with E-state index in [1.54, 1.807) is 6.07 Å². The number of nitrogens with two attached hydrogens (primary N) is 1. The van der Waals surface area contributed by atoms with Crippen LogP contribution in [0.4, 0.5) is 4.39 Å². The van der Waals surface area contributed by atoms with Crippen molar-refractivity contribution in [2.75, 3.05) is 0 Å². The molecular formula is C16H16ClFN2O. The third-order valence-electron chi connectivity index (χ3n) is 3.67. The first-order valence-electron chi connectivity index (χ1n) is 7.02. The van der Waals surface area contributed by atoms with Crippen LogP contribution in [-0.2, 0) is 19.4 Å². The fraction of sp³-hybridized carbons (Fsp3) is 0.312. The standard InChI is InChI=1S/C16H16ClFN2O/c17-13-6-5-12(8-14(13)18)21-16-11(9-19)7-10-3-1-2-4-15(10)20-16/h5-8H,1-4,9,19H2. The van der Waals surface area contributed by atoms with Gasteiger partial charge in [-0.2, -0.15) is 0 Å². The van der Waals surface area contributed by atoms with Gasteiger partial charge in [-0.25, -0.2) is 9.37 Å². The molecule has 0 bridgehead atoms. The molecule has 0 unspecified atom stereocenters. The van der Waals surface area contributed by atoms with E-state index in [9.17, 15) is 4.39 Å². The Balaban J connectivity index is 1.95. The summed E-state index contributed by atoms with van der Waals surface area (Å²) in [6.45, 7) is 0.339. The summed E-state index contributed by atoms with van der Waals surface area (Å²) in [7, 11) is 0. The lowest BCUT2D eigenvalue weighted by atomic mass is 9.95. The highest BCUT2D eigenvalue weighted by atomic mass is 35.5. The van der Waals surface area contributed by atoms with Gasteiger partial charge in [-0.05, 0) is 49.4 Å². The molecule has 1 heterocycles. The molecule has 1 aromatic carbocycles. The number of hydrogen-bond donors (Lipinski definition) is 1. The molecule has 2 N–H and O–H groups in total. The fourth-order valence-electron chi connectivity index (χ4n) is 2.55. The maximum Gasteiger partial charge on any atom is 0.223 e. The van der Waals surface area contributed by atoms with Gasteiger partial charge in [0.05, 0.1) is 5.02 Å². The third kappa shape index (κ3) is 3.01. The summed E-state index contributed by atoms with van der Waals surface area (Å²) >= 11 is 5.67. The monoisotopic (exact) mass is 306 g/mol. The van der Waals surface area contributed by atoms with E-state index in [-0.39, 0.29) is 5.02 Å². The predicted molar refractivity (Wildman–Crippen MR) is 80.3 cm³/mol. The number of hydrogen-bond acceptors (Lipinski definition) is 3. The molecule has 0 spiro atoms. The molecular weight excluding hydrogens is 291 g/mol. The van der Waals surface area contributed by atoms with Crippen LogP contribution in [-0.4, -0.2) is 4.98 Å². The SMILES string of the molecule is NCc1cc2c(nc1Oc1ccc(Cl)c(F)c1)CCCC2. The molecule has 1 aliphatic rings. The van der Waals surface area contributed by atoms with Gasteiger partial charge in [0.15, 0.2) is 0 Å². The maximum atomic E-state index is 13.5. The highest BCUT2D eigenvalue weighted by molar-refractivity contribution is 6.30. The highest BCUT2D eigenvalue weighted by Gasteiger charge is 2.16. The van der Waals surface area contributed by atoms with Crippen LogP contribution in [0.2, 0.25) is 5.02 Å². The van der Waals surface area contributed by atoms with Crippen LogP contribution < -0.4 is 10.5 Å². The van der Waals surface area contributed by atoms with Crippen LogP contribution in [0.1, 0.15) is 29.7 Å². The third-order valence-corrected chi connectivity index (χ3v) is 3.97. The summed E-state index contributed by atoms with van der Waals surface area (Å²) in [5.41, 5.74) is 8.92. The Bertz CT molecular complexity index is 676. The Morgan fingerprint density at radius 1 is 1.24 bits per heavy atom. The minimum atomic E-state index is -0.513. The van der Waals surface area contributed by atoms with Crippen LogP contribution in [0.25, 0.3) is 0 Å². The van der Waals surface area contributed by atoms with Crippen molar-refractivity contribution in [2.24, 2.45) is 5.73 Å². The Morgan fingerprint density at radius 2 is 2.05 bits per heavy atom. The first kappa shape index (κ1) is 14.3. The largest absolute Gasteiger partial charge is 0.439 e. The van der Waals surface area contributed by atoms with Gasteiger partial charge in [-0.15, -0.1) is 0 Å². The van der Waals surface area contributed by atoms with Gasteiger partial charge in [0.2, 0.25) is 5.88 Å². The highest BCUT2D eigenvalue weighted by Crippen LogP contribution is 2.30. The quantitative estimate of drug-likeness (QED) is 0.932. The Labute approximate surface area is 127 Å². The second-order valence-corrected chi connectivity index (χ2v) is 5.55. The Kier molecular flexibility index (Phi) is 4.08. The minimum absolute atomic E-state index is 0.0693. The average molecular weight is 307 g/mol. The van der Waals surface area contributed by atoms with Crippen LogP contribution >= 0.6 is 11.6 Å². The maximum absolute atomic E-state index is 13.5. The van der Waals surface area contributed by atoms with Crippen molar-refractivity contribution in [1.29, 1.82) is 0 Å². The molecule has 5 heteroatoms. The molecule has 0 atom stereocenters. The van der Waals surface area contributed by atoms with Crippen molar-refractivity contribution in [3.63, 3.8) is 0 Å². The topological polar surface area (TPSA) is 48.1 Å². The molecule has 110 valence electrons. The van der Waals surface area contributed by atoms with E-state index < -0.39 is 5.82 Å². The van der Waals surface area contributed by atoms with E-state index in [0.29, 0.717) is 18.2 Å². The average Bonchev–Trinajstić information content (AvgIpc) is 2.50. The van der Waals surface area contributed by atoms with E-state index in [2.05, 4.69) is 11.1 Å². The normalized spacial score (nSPS) is 13.9. The lowest BCUT2D eigenvalue weighted by molar-refractivity contribution is 0.447. The molecule has 2 aromatic rings. The van der Waals surface area contributed by atoms with Gasteiger partial charge in [0.25, 0.3) is 0 Å². The summed E-state index contributed by atoms with van der Waals surface area (Å²) in [6, 6.07) is 6.40. The van der Waals surface area contributed by atoms with E-state index in [4.69, 9.17) is 22.1 Å². The van der Waals surface area contributed by atoms with Crippen molar-refractivity contribution in [3.8, 4) is 11.6 Å². The Morgan fingerprint density at radius 3 is 2.81 bits per heavy atom. The lowest BCUT2D eigenvalue weighted by Crippen LogP contribution is -2.10. The smallest absolute Gasteiger partial charge is 0.223 e. The molecule has 0 saturated carbocycles. The molecule has 0 saturated heterocycles. The van der Waals surface area contributed by atoms with Crippen molar-refractivity contribution < 1.29 is 9.13 Å². The van der Waals surface area contributed by atoms with Gasteiger partial charge >= 0.3 is 0 Å². The second-order valence-electron chi connectivity index (χ2n) is 5.15. The first-order chi connectivity index (χ1) is 10.2. The first-order valence-corrected chi connectivity index (χ1v) is 7.40. The van der Waals surface area contributed by atoms with Crippen LogP contribution in [0.3, 0.4) is 0 Å². The fourth-order valence-corrected chi connectivity index (χ4v) is 2.67. The van der Waals surface area contributed by atoms with Crippen molar-refractivity contribution in [2.45, 2.75) is 32.2 Å². The zero-order valence-corrected chi connectivity index (χ0v) is 12.3. The number of aryl methyl sites for hydroxylation is 2. The summed E-state index contributed by atoms with van der Waals surface area (Å²) in [6.07, 6.45) is 4.30. The van der Waals surface area contributed by atoms with Crippen molar-refractivity contribution in [3.05, 3.63) is 51.9 Å². The number of ether oxygens (including phenoxy) is 1. The van der Waals surface area contributed by atoms with Crippen LogP contribution in [0, 0.1) is 5.82 Å². The summed E-state index contributed by atoms with van der Waals surface area (Å²) < 4.78 is 19.2. The number of nitrogens with zero attached hydrogens (tertiary/aromatic N) is 1. The molecule has 0 fully saturated rings. The number of benzene rings is 1. The van der Waals surface area contributed by atoms with Crippen molar-refractivity contribution >= 4 is 11.6 Å². The van der Waals surface area contributed by atoms with Crippen LogP contribution in [0.15, 0.2) is 24.3 Å². The Hall–Kier alpha value is -1.65. The molecule has 21 heavy (non-hydrogen) atoms. The van der Waals surface area contributed by atoms with Gasteiger partial charge in [-0.1, -0.05) is 11.6 Å². The molecule has 3 nitrogen and oxygen atoms in total. The van der Waals surface area contributed by atoms with Crippen LogP contribution in [0.5, 0.6) is 11.6 Å². The number of aromatic nitrogens is 1. The zero-order chi connectivity index (χ0) is 14.8. The van der Waals surface area contributed by atoms with Crippen molar-refractivity contribution in [1.82, 2.24) is 4.98 Å². The van der Waals surface area contributed by atoms with E-state index in [1.165, 1.54) is 24.1 Å². The number of fused-ring (bicyclic) bond motifs is 1. The van der Waals surface area contributed by atoms with Gasteiger partial charge < -0.3 is 10.5 Å². The number of halogens is 2. The predicted octanol–water partition coefficient (Wildman–Crippen LogP) is 4.00. The zero-order valence-electron chi connectivity index (χ0n) is 11.5. The molecule has 0 radical (unpaired) electrons. The minimum Gasteiger partial charge on any atom is -0.439 e. The number of pyridine rings is 1. The summed E-state index contributed by atoms with van der Waals surface area (Å²) in [4.78, 5) is 4.57. The lowest BCUT2D eigenvalue weighted by Gasteiger charge is -2.18. The summed E-state index contributed by atoms with van der Waals surface area (Å²) in [5, 5.41) is 0.0693. The van der Waals surface area contributed by atoms with Gasteiger partial charge in [-0.3, -0.25) is 0 Å². The molecule has 3 rings (SSSR count). The summed E-state index contributed by atoms with van der Waals surface area (Å²) in [5.74, 6) is 0.316.